The fourth-order valence-electron chi connectivity index (χ4n) is 5.18. The average molecular weight is 496 g/mol. The van der Waals surface area contributed by atoms with Crippen molar-refractivity contribution in [3.8, 4) is 5.69 Å². The van der Waals surface area contributed by atoms with Gasteiger partial charge in [0.1, 0.15) is 0 Å². The van der Waals surface area contributed by atoms with Gasteiger partial charge in [-0.05, 0) is 61.9 Å². The predicted molar refractivity (Wildman–Crippen MR) is 152 cm³/mol. The van der Waals surface area contributed by atoms with Gasteiger partial charge >= 0.3 is 0 Å². The van der Waals surface area contributed by atoms with Crippen LogP contribution in [0.3, 0.4) is 0 Å². The molecule has 0 spiro atoms. The van der Waals surface area contributed by atoms with Crippen molar-refractivity contribution in [3.05, 3.63) is 126 Å². The van der Waals surface area contributed by atoms with Crippen LogP contribution in [0.25, 0.3) is 5.69 Å². The number of pyridine rings is 1. The Hall–Kier alpha value is -5.04. The van der Waals surface area contributed by atoms with E-state index in [4.69, 9.17) is 15.1 Å². The molecule has 38 heavy (non-hydrogen) atoms. The Bertz CT molecular complexity index is 1700. The highest BCUT2D eigenvalue weighted by Gasteiger charge is 2.41. The van der Waals surface area contributed by atoms with Gasteiger partial charge in [-0.15, -0.1) is 0 Å². The smallest absolute Gasteiger partial charge is 0.179 e. The molecule has 1 N–H and O–H groups in total. The van der Waals surface area contributed by atoms with Gasteiger partial charge in [-0.1, -0.05) is 54.1 Å². The van der Waals surface area contributed by atoms with Crippen LogP contribution in [0.4, 0.5) is 22.9 Å². The molecule has 7 nitrogen and oxygen atoms in total. The lowest BCUT2D eigenvalue weighted by molar-refractivity contribution is 0.810. The van der Waals surface area contributed by atoms with E-state index in [1.807, 2.05) is 65.5 Å². The molecule has 7 rings (SSSR count). The molecule has 0 unspecified atom stereocenters. The topological polar surface area (TPSA) is 70.7 Å². The molecule has 7 heteroatoms. The van der Waals surface area contributed by atoms with E-state index in [9.17, 15) is 0 Å². The van der Waals surface area contributed by atoms with Crippen LogP contribution in [0.5, 0.6) is 0 Å². The minimum Gasteiger partial charge on any atom is -0.337 e. The van der Waals surface area contributed by atoms with Gasteiger partial charge in [0.05, 0.1) is 28.8 Å². The normalized spacial score (nSPS) is 15.6. The predicted octanol–water partition coefficient (Wildman–Crippen LogP) is 6.68. The summed E-state index contributed by atoms with van der Waals surface area (Å²) in [5, 5.41) is 8.52. The number of fused-ring (bicyclic) bond motifs is 4. The van der Waals surface area contributed by atoms with Crippen LogP contribution in [0.1, 0.15) is 28.4 Å². The summed E-state index contributed by atoms with van der Waals surface area (Å²) in [6.07, 6.45) is 3.73. The third-order valence-electron chi connectivity index (χ3n) is 6.95. The number of aryl methyl sites for hydroxylation is 2. The Morgan fingerprint density at radius 1 is 0.789 bits per heavy atom. The quantitative estimate of drug-likeness (QED) is 0.303. The molecule has 2 aromatic heterocycles. The van der Waals surface area contributed by atoms with E-state index in [2.05, 4.69) is 65.4 Å². The number of para-hydroxylation sites is 3. The molecule has 1 atom stereocenters. The van der Waals surface area contributed by atoms with Crippen molar-refractivity contribution in [2.75, 3.05) is 10.2 Å². The van der Waals surface area contributed by atoms with Crippen LogP contribution in [-0.2, 0) is 0 Å². The van der Waals surface area contributed by atoms with Gasteiger partial charge in [0, 0.05) is 23.6 Å². The van der Waals surface area contributed by atoms with Crippen molar-refractivity contribution in [2.24, 2.45) is 9.98 Å². The zero-order valence-electron chi connectivity index (χ0n) is 21.1. The first-order valence-electron chi connectivity index (χ1n) is 12.6. The summed E-state index contributed by atoms with van der Waals surface area (Å²) >= 11 is 0. The van der Waals surface area contributed by atoms with E-state index < -0.39 is 0 Å². The Balaban J connectivity index is 1.50. The summed E-state index contributed by atoms with van der Waals surface area (Å²) in [7, 11) is 0. The Morgan fingerprint density at radius 3 is 2.37 bits per heavy atom. The highest BCUT2D eigenvalue weighted by Crippen LogP contribution is 2.48. The second-order valence-corrected chi connectivity index (χ2v) is 9.50. The Morgan fingerprint density at radius 2 is 1.58 bits per heavy atom. The molecule has 2 aliphatic rings. The molecular weight excluding hydrogens is 470 g/mol. The monoisotopic (exact) mass is 495 g/mol. The molecular formula is C31H25N7. The zero-order chi connectivity index (χ0) is 25.6. The Labute approximate surface area is 220 Å². The highest BCUT2D eigenvalue weighted by molar-refractivity contribution is 6.51. The SMILES string of the molecule is Cc1ccc(-n2nc(C)c3c2N=C2C(Nc4ccccc4)=Nc4ccccc4N2[C@@H]3c2cccnc2)cc1. The average Bonchev–Trinajstić information content (AvgIpc) is 3.29. The molecule has 5 aromatic rings. The third-order valence-corrected chi connectivity index (χ3v) is 6.95. The molecule has 4 heterocycles. The van der Waals surface area contributed by atoms with Crippen LogP contribution < -0.4 is 10.2 Å². The molecule has 0 amide bonds. The standard InChI is InChI=1S/C31H25N7/c1-20-14-16-24(17-15-20)38-30-27(21(2)36-38)28(22-9-8-18-32-19-22)37-26-13-7-6-12-25(26)34-29(31(37)35-30)33-23-10-4-3-5-11-23/h3-19,28H,1-2H3,(H,33,34)/t28-/m1/s1. The first kappa shape index (κ1) is 22.2. The number of benzene rings is 3. The van der Waals surface area contributed by atoms with E-state index >= 15 is 0 Å². The van der Waals surface area contributed by atoms with Crippen molar-refractivity contribution in [1.82, 2.24) is 14.8 Å². The Kier molecular flexibility index (Phi) is 5.14. The number of hydrogen-bond acceptors (Lipinski definition) is 6. The van der Waals surface area contributed by atoms with Gasteiger partial charge in [-0.25, -0.2) is 14.7 Å². The summed E-state index contributed by atoms with van der Waals surface area (Å²) in [6.45, 7) is 4.14. The first-order valence-corrected chi connectivity index (χ1v) is 12.6. The van der Waals surface area contributed by atoms with Gasteiger partial charge < -0.3 is 10.2 Å². The molecule has 0 radical (unpaired) electrons. The summed E-state index contributed by atoms with van der Waals surface area (Å²) < 4.78 is 1.94. The lowest BCUT2D eigenvalue weighted by Crippen LogP contribution is -2.46. The number of hydrogen-bond donors (Lipinski definition) is 1. The highest BCUT2D eigenvalue weighted by atomic mass is 15.4. The lowest BCUT2D eigenvalue weighted by Gasteiger charge is -2.40. The summed E-state index contributed by atoms with van der Waals surface area (Å²) in [5.74, 6) is 2.22. The number of rotatable bonds is 3. The van der Waals surface area contributed by atoms with Crippen LogP contribution >= 0.6 is 0 Å². The number of anilines is 2. The molecule has 0 saturated carbocycles. The van der Waals surface area contributed by atoms with Crippen molar-refractivity contribution in [3.63, 3.8) is 0 Å². The second kappa shape index (κ2) is 8.81. The van der Waals surface area contributed by atoms with Crippen LogP contribution in [0.15, 0.2) is 113 Å². The number of nitrogens with one attached hydrogen (secondary N) is 1. The van der Waals surface area contributed by atoms with E-state index in [0.717, 1.165) is 51.2 Å². The van der Waals surface area contributed by atoms with Crippen LogP contribution in [0.2, 0.25) is 0 Å². The molecule has 2 aliphatic heterocycles. The van der Waals surface area contributed by atoms with Gasteiger partial charge in [0.25, 0.3) is 0 Å². The van der Waals surface area contributed by atoms with E-state index in [0.29, 0.717) is 5.84 Å². The second-order valence-electron chi connectivity index (χ2n) is 9.50. The number of aromatic nitrogens is 3. The molecule has 0 bridgehead atoms. The number of nitrogens with zero attached hydrogens (tertiary/aromatic N) is 6. The van der Waals surface area contributed by atoms with Crippen molar-refractivity contribution >= 4 is 34.6 Å². The van der Waals surface area contributed by atoms with Gasteiger partial charge in [-0.2, -0.15) is 5.10 Å². The van der Waals surface area contributed by atoms with Gasteiger partial charge in [0.15, 0.2) is 17.5 Å². The van der Waals surface area contributed by atoms with E-state index in [-0.39, 0.29) is 6.04 Å². The minimum atomic E-state index is -0.186. The van der Waals surface area contributed by atoms with Crippen LogP contribution in [0, 0.1) is 13.8 Å². The summed E-state index contributed by atoms with van der Waals surface area (Å²) in [4.78, 5) is 17.0. The summed E-state index contributed by atoms with van der Waals surface area (Å²) in [6, 6.07) is 30.5. The number of aliphatic imine (C=N–C) groups is 2. The zero-order valence-corrected chi connectivity index (χ0v) is 21.1. The van der Waals surface area contributed by atoms with Crippen LogP contribution in [-0.4, -0.2) is 26.4 Å². The van der Waals surface area contributed by atoms with Crippen molar-refractivity contribution in [2.45, 2.75) is 19.9 Å². The van der Waals surface area contributed by atoms with E-state index in [1.165, 1.54) is 5.56 Å². The molecule has 184 valence electrons. The fraction of sp³-hybridized carbons (Fsp3) is 0.0968. The van der Waals surface area contributed by atoms with Crippen molar-refractivity contribution in [1.29, 1.82) is 0 Å². The third kappa shape index (κ3) is 3.59. The maximum Gasteiger partial charge on any atom is 0.179 e. The van der Waals surface area contributed by atoms with Gasteiger partial charge in [0.2, 0.25) is 0 Å². The minimum absolute atomic E-state index is 0.186. The van der Waals surface area contributed by atoms with E-state index in [1.54, 1.807) is 6.20 Å². The summed E-state index contributed by atoms with van der Waals surface area (Å²) in [5.41, 5.74) is 8.02. The lowest BCUT2D eigenvalue weighted by atomic mass is 9.94. The number of amidine groups is 2. The van der Waals surface area contributed by atoms with Gasteiger partial charge in [-0.3, -0.25) is 4.98 Å². The first-order chi connectivity index (χ1) is 18.7. The van der Waals surface area contributed by atoms with Crippen molar-refractivity contribution < 1.29 is 0 Å². The molecule has 3 aromatic carbocycles. The molecule has 0 aliphatic carbocycles. The largest absolute Gasteiger partial charge is 0.337 e. The maximum atomic E-state index is 5.27. The maximum absolute atomic E-state index is 5.27. The fourth-order valence-corrected chi connectivity index (χ4v) is 5.18. The molecule has 0 fully saturated rings. The molecule has 0 saturated heterocycles.